The number of imide groups is 1. The van der Waals surface area contributed by atoms with E-state index in [9.17, 15) is 14.0 Å². The number of aromatic nitrogens is 2. The Labute approximate surface area is 165 Å². The lowest BCUT2D eigenvalue weighted by atomic mass is 9.92. The number of ether oxygens (including phenoxy) is 1. The number of benzene rings is 2. The molecule has 1 aromatic heterocycles. The Bertz CT molecular complexity index is 1060. The van der Waals surface area contributed by atoms with Crippen molar-refractivity contribution >= 4 is 11.9 Å². The molecular formula is C20H17FN4O4. The van der Waals surface area contributed by atoms with Gasteiger partial charge in [0.25, 0.3) is 5.91 Å². The maximum absolute atomic E-state index is 13.1. The molecule has 2 aromatic carbocycles. The van der Waals surface area contributed by atoms with Crippen LogP contribution in [-0.2, 0) is 16.9 Å². The fraction of sp³-hybridized carbons (Fsp3) is 0.200. The van der Waals surface area contributed by atoms with Crippen LogP contribution in [0.4, 0.5) is 9.18 Å². The molecule has 148 valence electrons. The third-order valence-electron chi connectivity index (χ3n) is 4.79. The number of urea groups is 1. The topological polar surface area (TPSA) is 97.6 Å². The van der Waals surface area contributed by atoms with Crippen LogP contribution in [0, 0.1) is 5.82 Å². The van der Waals surface area contributed by atoms with Crippen LogP contribution < -0.4 is 10.1 Å². The van der Waals surface area contributed by atoms with Gasteiger partial charge in [0.15, 0.2) is 0 Å². The molecule has 0 radical (unpaired) electrons. The van der Waals surface area contributed by atoms with E-state index in [4.69, 9.17) is 9.15 Å². The van der Waals surface area contributed by atoms with Gasteiger partial charge < -0.3 is 14.5 Å². The second-order valence-corrected chi connectivity index (χ2v) is 6.68. The smallest absolute Gasteiger partial charge is 0.325 e. The van der Waals surface area contributed by atoms with E-state index in [1.54, 1.807) is 38.3 Å². The van der Waals surface area contributed by atoms with Crippen LogP contribution in [0.2, 0.25) is 0 Å². The average Bonchev–Trinajstić information content (AvgIpc) is 3.28. The van der Waals surface area contributed by atoms with Crippen molar-refractivity contribution in [2.75, 3.05) is 7.11 Å². The van der Waals surface area contributed by atoms with Gasteiger partial charge in [-0.1, -0.05) is 12.1 Å². The first-order chi connectivity index (χ1) is 13.9. The number of nitrogens with zero attached hydrogens (tertiary/aromatic N) is 3. The van der Waals surface area contributed by atoms with Crippen LogP contribution >= 0.6 is 0 Å². The maximum atomic E-state index is 13.1. The van der Waals surface area contributed by atoms with Crippen molar-refractivity contribution in [1.29, 1.82) is 0 Å². The first kappa shape index (κ1) is 18.6. The minimum Gasteiger partial charge on any atom is -0.497 e. The lowest BCUT2D eigenvalue weighted by Gasteiger charge is -2.22. The predicted molar refractivity (Wildman–Crippen MR) is 99.1 cm³/mol. The van der Waals surface area contributed by atoms with Crippen molar-refractivity contribution in [1.82, 2.24) is 20.4 Å². The summed E-state index contributed by atoms with van der Waals surface area (Å²) in [5.74, 6) is 0.0850. The molecule has 1 fully saturated rings. The van der Waals surface area contributed by atoms with Gasteiger partial charge in [-0.05, 0) is 48.9 Å². The number of methoxy groups -OCH3 is 1. The SMILES string of the molecule is COc1ccc([C@@]2(C)NC(=O)N(Cc3nnc(-c4ccc(F)cc4)o3)C2=O)cc1. The van der Waals surface area contributed by atoms with Crippen LogP contribution in [0.15, 0.2) is 52.9 Å². The summed E-state index contributed by atoms with van der Waals surface area (Å²) in [6.07, 6.45) is 0. The Hall–Kier alpha value is -3.75. The second-order valence-electron chi connectivity index (χ2n) is 6.68. The summed E-state index contributed by atoms with van der Waals surface area (Å²) in [5, 5.41) is 10.5. The molecule has 29 heavy (non-hydrogen) atoms. The van der Waals surface area contributed by atoms with Crippen molar-refractivity contribution in [3.05, 3.63) is 65.8 Å². The lowest BCUT2D eigenvalue weighted by molar-refractivity contribution is -0.131. The molecule has 3 aromatic rings. The third kappa shape index (κ3) is 3.31. The van der Waals surface area contributed by atoms with E-state index in [2.05, 4.69) is 15.5 Å². The molecule has 1 aliphatic heterocycles. The van der Waals surface area contributed by atoms with E-state index >= 15 is 0 Å². The number of carbonyl (C=O) groups excluding carboxylic acids is 2. The van der Waals surface area contributed by atoms with Gasteiger partial charge in [-0.15, -0.1) is 10.2 Å². The average molecular weight is 396 g/mol. The number of hydrogen-bond acceptors (Lipinski definition) is 6. The molecule has 8 nitrogen and oxygen atoms in total. The van der Waals surface area contributed by atoms with E-state index in [1.807, 2.05) is 0 Å². The van der Waals surface area contributed by atoms with Crippen LogP contribution in [0.3, 0.4) is 0 Å². The Balaban J connectivity index is 1.54. The fourth-order valence-electron chi connectivity index (χ4n) is 3.12. The second kappa shape index (κ2) is 7.01. The minimum atomic E-state index is -1.22. The lowest BCUT2D eigenvalue weighted by Crippen LogP contribution is -2.40. The van der Waals surface area contributed by atoms with Crippen LogP contribution in [0.5, 0.6) is 5.75 Å². The summed E-state index contributed by atoms with van der Waals surface area (Å²) in [5.41, 5.74) is -0.0644. The highest BCUT2D eigenvalue weighted by Crippen LogP contribution is 2.31. The molecule has 1 atom stereocenters. The van der Waals surface area contributed by atoms with Crippen molar-refractivity contribution in [3.63, 3.8) is 0 Å². The van der Waals surface area contributed by atoms with Crippen molar-refractivity contribution in [2.45, 2.75) is 19.0 Å². The van der Waals surface area contributed by atoms with E-state index in [0.717, 1.165) is 4.90 Å². The summed E-state index contributed by atoms with van der Waals surface area (Å²) in [7, 11) is 1.55. The van der Waals surface area contributed by atoms with Gasteiger partial charge in [0.1, 0.15) is 23.7 Å². The van der Waals surface area contributed by atoms with Gasteiger partial charge in [0, 0.05) is 5.56 Å². The van der Waals surface area contributed by atoms with Crippen LogP contribution in [0.1, 0.15) is 18.4 Å². The molecule has 9 heteroatoms. The van der Waals surface area contributed by atoms with Crippen molar-refractivity contribution in [2.24, 2.45) is 0 Å². The zero-order chi connectivity index (χ0) is 20.6. The number of amides is 3. The zero-order valence-electron chi connectivity index (χ0n) is 15.7. The van der Waals surface area contributed by atoms with Gasteiger partial charge in [0.2, 0.25) is 11.8 Å². The van der Waals surface area contributed by atoms with Crippen molar-refractivity contribution in [3.8, 4) is 17.2 Å². The molecule has 1 aliphatic rings. The van der Waals surface area contributed by atoms with Crippen molar-refractivity contribution < 1.29 is 23.1 Å². The highest BCUT2D eigenvalue weighted by atomic mass is 19.1. The monoisotopic (exact) mass is 396 g/mol. The Morgan fingerprint density at radius 2 is 1.79 bits per heavy atom. The number of halogens is 1. The van der Waals surface area contributed by atoms with Gasteiger partial charge in [-0.25, -0.2) is 9.18 Å². The molecule has 0 bridgehead atoms. The summed E-state index contributed by atoms with van der Waals surface area (Å²) in [4.78, 5) is 26.5. The van der Waals surface area contributed by atoms with E-state index in [0.29, 0.717) is 16.9 Å². The Kier molecular flexibility index (Phi) is 4.50. The first-order valence-corrected chi connectivity index (χ1v) is 8.77. The van der Waals surface area contributed by atoms with Gasteiger partial charge in [-0.2, -0.15) is 0 Å². The summed E-state index contributed by atoms with van der Waals surface area (Å²) in [6, 6.07) is 11.9. The summed E-state index contributed by atoms with van der Waals surface area (Å²) < 4.78 is 23.7. The normalized spacial score (nSPS) is 18.8. The number of hydrogen-bond donors (Lipinski definition) is 1. The molecule has 0 spiro atoms. The van der Waals surface area contributed by atoms with Crippen LogP contribution in [0.25, 0.3) is 11.5 Å². The molecule has 4 rings (SSSR count). The largest absolute Gasteiger partial charge is 0.497 e. The highest BCUT2D eigenvalue weighted by molar-refractivity contribution is 6.07. The maximum Gasteiger partial charge on any atom is 0.325 e. The van der Waals surface area contributed by atoms with Crippen LogP contribution in [-0.4, -0.2) is 34.1 Å². The molecule has 1 N–H and O–H groups in total. The van der Waals surface area contributed by atoms with E-state index < -0.39 is 17.5 Å². The minimum absolute atomic E-state index is 0.0896. The van der Waals surface area contributed by atoms with Gasteiger partial charge >= 0.3 is 6.03 Å². The number of rotatable bonds is 5. The fourth-order valence-corrected chi connectivity index (χ4v) is 3.12. The van der Waals surface area contributed by atoms with Gasteiger partial charge in [0.05, 0.1) is 7.11 Å². The third-order valence-corrected chi connectivity index (χ3v) is 4.79. The molecule has 1 saturated heterocycles. The summed E-state index contributed by atoms with van der Waals surface area (Å²) in [6.45, 7) is 1.46. The molecule has 0 unspecified atom stereocenters. The Morgan fingerprint density at radius 1 is 1.10 bits per heavy atom. The van der Waals surface area contributed by atoms with E-state index in [1.165, 1.54) is 24.3 Å². The van der Waals surface area contributed by atoms with E-state index in [-0.39, 0.29) is 24.1 Å². The molecule has 3 amide bonds. The zero-order valence-corrected chi connectivity index (χ0v) is 15.7. The highest BCUT2D eigenvalue weighted by Gasteiger charge is 2.49. The number of nitrogens with one attached hydrogen (secondary N) is 1. The number of carbonyl (C=O) groups is 2. The Morgan fingerprint density at radius 3 is 2.45 bits per heavy atom. The molecular weight excluding hydrogens is 379 g/mol. The van der Waals surface area contributed by atoms with Gasteiger partial charge in [-0.3, -0.25) is 9.69 Å². The standard InChI is InChI=1S/C20H17FN4O4/c1-20(13-5-9-15(28-2)10-6-13)18(26)25(19(27)22-20)11-16-23-24-17(29-16)12-3-7-14(21)8-4-12/h3-10H,11H2,1-2H3,(H,22,27)/t20-/m1/s1. The summed E-state index contributed by atoms with van der Waals surface area (Å²) >= 11 is 0. The molecule has 0 saturated carbocycles. The predicted octanol–water partition coefficient (Wildman–Crippen LogP) is 2.85. The molecule has 2 heterocycles. The first-order valence-electron chi connectivity index (χ1n) is 8.77. The quantitative estimate of drug-likeness (QED) is 0.666. The molecule has 0 aliphatic carbocycles.